The zero-order valence-electron chi connectivity index (χ0n) is 10.2. The molecule has 2 unspecified atom stereocenters. The molecule has 15 heavy (non-hydrogen) atoms. The van der Waals surface area contributed by atoms with Gasteiger partial charge in [0.05, 0.1) is 5.71 Å². The van der Waals surface area contributed by atoms with Gasteiger partial charge in [-0.25, -0.2) is 0 Å². The van der Waals surface area contributed by atoms with E-state index >= 15 is 0 Å². The number of allylic oxidation sites excluding steroid dienone is 2. The Morgan fingerprint density at radius 2 is 2.20 bits per heavy atom. The summed E-state index contributed by atoms with van der Waals surface area (Å²) in [4.78, 5) is 0. The summed E-state index contributed by atoms with van der Waals surface area (Å²) in [5, 5.41) is 12.5. The van der Waals surface area contributed by atoms with Crippen LogP contribution in [0, 0.1) is 16.7 Å². The summed E-state index contributed by atoms with van der Waals surface area (Å²) in [6, 6.07) is 0. The lowest BCUT2D eigenvalue weighted by atomic mass is 9.70. The van der Waals surface area contributed by atoms with E-state index in [9.17, 15) is 0 Å². The highest BCUT2D eigenvalue weighted by molar-refractivity contribution is 6.01. The third kappa shape index (κ3) is 1.20. The first-order valence-corrected chi connectivity index (χ1v) is 5.90. The maximum absolute atomic E-state index is 9.02. The zero-order valence-corrected chi connectivity index (χ0v) is 10.2. The van der Waals surface area contributed by atoms with Gasteiger partial charge in [-0.1, -0.05) is 38.9 Å². The molecule has 0 saturated heterocycles. The Balaban J connectivity index is 2.41. The van der Waals surface area contributed by atoms with Crippen molar-refractivity contribution >= 4 is 5.71 Å². The average molecular weight is 207 g/mol. The van der Waals surface area contributed by atoms with E-state index in [1.807, 2.05) is 0 Å². The van der Waals surface area contributed by atoms with Crippen molar-refractivity contribution in [2.45, 2.75) is 47.0 Å². The van der Waals surface area contributed by atoms with E-state index in [2.05, 4.69) is 38.9 Å². The van der Waals surface area contributed by atoms with Gasteiger partial charge in [-0.15, -0.1) is 0 Å². The molecule has 2 aliphatic rings. The highest BCUT2D eigenvalue weighted by Crippen LogP contribution is 2.64. The van der Waals surface area contributed by atoms with Crippen molar-refractivity contribution in [1.29, 1.82) is 0 Å². The average Bonchev–Trinajstić information content (AvgIpc) is 2.50. The van der Waals surface area contributed by atoms with Gasteiger partial charge in [-0.05, 0) is 41.6 Å². The Hall–Kier alpha value is -0.790. The predicted molar refractivity (Wildman–Crippen MR) is 62.2 cm³/mol. The number of nitrogens with zero attached hydrogens (tertiary/aromatic N) is 1. The van der Waals surface area contributed by atoms with Crippen LogP contribution in [0.15, 0.2) is 16.8 Å². The summed E-state index contributed by atoms with van der Waals surface area (Å²) >= 11 is 0. The van der Waals surface area contributed by atoms with Crippen LogP contribution in [0.1, 0.15) is 47.0 Å². The molecule has 2 bridgehead atoms. The molecule has 1 N–H and O–H groups in total. The molecule has 2 nitrogen and oxygen atoms in total. The molecule has 0 aromatic carbocycles. The van der Waals surface area contributed by atoms with Crippen molar-refractivity contribution in [2.24, 2.45) is 21.9 Å². The fourth-order valence-electron chi connectivity index (χ4n) is 3.39. The van der Waals surface area contributed by atoms with Crippen LogP contribution in [0.4, 0.5) is 0 Å². The van der Waals surface area contributed by atoms with Crippen molar-refractivity contribution in [2.75, 3.05) is 0 Å². The van der Waals surface area contributed by atoms with Crippen LogP contribution in [0.5, 0.6) is 0 Å². The van der Waals surface area contributed by atoms with E-state index in [-0.39, 0.29) is 0 Å². The van der Waals surface area contributed by atoms with Gasteiger partial charge in [0.2, 0.25) is 0 Å². The van der Waals surface area contributed by atoms with Crippen molar-refractivity contribution < 1.29 is 5.21 Å². The van der Waals surface area contributed by atoms with Gasteiger partial charge in [0, 0.05) is 0 Å². The van der Waals surface area contributed by atoms with Crippen LogP contribution in [-0.2, 0) is 0 Å². The van der Waals surface area contributed by atoms with Crippen LogP contribution < -0.4 is 0 Å². The van der Waals surface area contributed by atoms with Crippen LogP contribution in [0.2, 0.25) is 0 Å². The first-order valence-electron chi connectivity index (χ1n) is 5.90. The van der Waals surface area contributed by atoms with Crippen molar-refractivity contribution in [3.05, 3.63) is 11.6 Å². The molecule has 2 atom stereocenters. The fourth-order valence-corrected chi connectivity index (χ4v) is 3.39. The first kappa shape index (κ1) is 10.7. The maximum Gasteiger partial charge on any atom is 0.0824 e. The quantitative estimate of drug-likeness (QED) is 0.419. The van der Waals surface area contributed by atoms with Gasteiger partial charge in [-0.2, -0.15) is 0 Å². The second-order valence-electron chi connectivity index (χ2n) is 5.73. The van der Waals surface area contributed by atoms with E-state index in [0.717, 1.165) is 12.1 Å². The molecular weight excluding hydrogens is 186 g/mol. The maximum atomic E-state index is 9.02. The smallest absolute Gasteiger partial charge is 0.0824 e. The fraction of sp³-hybridized carbons (Fsp3) is 0.769. The van der Waals surface area contributed by atoms with Crippen LogP contribution in [-0.4, -0.2) is 10.9 Å². The van der Waals surface area contributed by atoms with Crippen LogP contribution in [0.25, 0.3) is 0 Å². The lowest BCUT2D eigenvalue weighted by Crippen LogP contribution is -2.27. The number of rotatable bonds is 2. The van der Waals surface area contributed by atoms with Gasteiger partial charge in [0.15, 0.2) is 0 Å². The van der Waals surface area contributed by atoms with Gasteiger partial charge in [-0.3, -0.25) is 0 Å². The SMILES string of the molecule is CCC(=NO)C1=CC2(C)CCC1C2(C)C. The molecule has 84 valence electrons. The minimum Gasteiger partial charge on any atom is -0.411 e. The molecule has 0 spiro atoms. The lowest BCUT2D eigenvalue weighted by Gasteiger charge is -2.34. The minimum atomic E-state index is 0.304. The Morgan fingerprint density at radius 1 is 1.53 bits per heavy atom. The number of hydrogen-bond donors (Lipinski definition) is 1. The predicted octanol–water partition coefficient (Wildman–Crippen LogP) is 3.61. The standard InChI is InChI=1S/C13H21NO/c1-5-11(14-15)9-8-13(4)7-6-10(9)12(13,2)3/h8,10,15H,5-7H2,1-4H3. The number of fused-ring (bicyclic) bond motifs is 2. The second-order valence-corrected chi connectivity index (χ2v) is 5.73. The highest BCUT2D eigenvalue weighted by atomic mass is 16.4. The summed E-state index contributed by atoms with van der Waals surface area (Å²) in [6.07, 6.45) is 5.70. The van der Waals surface area contributed by atoms with E-state index < -0.39 is 0 Å². The Morgan fingerprint density at radius 3 is 2.53 bits per heavy atom. The summed E-state index contributed by atoms with van der Waals surface area (Å²) < 4.78 is 0. The van der Waals surface area contributed by atoms with Crippen LogP contribution >= 0.6 is 0 Å². The largest absolute Gasteiger partial charge is 0.411 e. The molecule has 2 heteroatoms. The van der Waals surface area contributed by atoms with Gasteiger partial charge >= 0.3 is 0 Å². The Labute approximate surface area is 92.1 Å². The molecule has 1 saturated carbocycles. The van der Waals surface area contributed by atoms with Crippen molar-refractivity contribution in [1.82, 2.24) is 0 Å². The van der Waals surface area contributed by atoms with Crippen molar-refractivity contribution in [3.8, 4) is 0 Å². The topological polar surface area (TPSA) is 32.6 Å². The summed E-state index contributed by atoms with van der Waals surface area (Å²) in [5.41, 5.74) is 2.82. The van der Waals surface area contributed by atoms with E-state index in [1.165, 1.54) is 18.4 Å². The highest BCUT2D eigenvalue weighted by Gasteiger charge is 2.56. The summed E-state index contributed by atoms with van der Waals surface area (Å²) in [7, 11) is 0. The summed E-state index contributed by atoms with van der Waals surface area (Å²) in [6.45, 7) is 9.08. The van der Waals surface area contributed by atoms with Gasteiger partial charge in [0.25, 0.3) is 0 Å². The van der Waals surface area contributed by atoms with Crippen molar-refractivity contribution in [3.63, 3.8) is 0 Å². The molecule has 1 fully saturated rings. The second kappa shape index (κ2) is 3.10. The minimum absolute atomic E-state index is 0.304. The molecule has 0 radical (unpaired) electrons. The normalized spacial score (nSPS) is 38.3. The van der Waals surface area contributed by atoms with Gasteiger partial charge < -0.3 is 5.21 Å². The van der Waals surface area contributed by atoms with Crippen LogP contribution in [0.3, 0.4) is 0 Å². The number of hydrogen-bond acceptors (Lipinski definition) is 2. The molecule has 0 aromatic rings. The Bertz CT molecular complexity index is 340. The molecule has 0 aliphatic heterocycles. The number of oxime groups is 1. The Kier molecular flexibility index (Phi) is 2.21. The van der Waals surface area contributed by atoms with E-state index in [0.29, 0.717) is 16.7 Å². The first-order chi connectivity index (χ1) is 6.96. The summed E-state index contributed by atoms with van der Waals surface area (Å²) in [5.74, 6) is 0.591. The molecule has 0 amide bonds. The monoisotopic (exact) mass is 207 g/mol. The zero-order chi connectivity index (χ0) is 11.3. The van der Waals surface area contributed by atoms with Gasteiger partial charge in [0.1, 0.15) is 0 Å². The van der Waals surface area contributed by atoms with E-state index in [4.69, 9.17) is 5.21 Å². The third-order valence-corrected chi connectivity index (χ3v) is 4.93. The molecule has 0 heterocycles. The molecule has 0 aromatic heterocycles. The molecular formula is C13H21NO. The third-order valence-electron chi connectivity index (χ3n) is 4.93. The molecule has 2 aliphatic carbocycles. The van der Waals surface area contributed by atoms with E-state index in [1.54, 1.807) is 0 Å². The lowest BCUT2D eigenvalue weighted by molar-refractivity contribution is 0.180. The molecule has 2 rings (SSSR count).